The van der Waals surface area contributed by atoms with Gasteiger partial charge < -0.3 is 14.5 Å². The Hall–Kier alpha value is -3.03. The number of carbonyl (C=O) groups is 1. The van der Waals surface area contributed by atoms with Gasteiger partial charge in [0.2, 0.25) is 5.91 Å². The van der Waals surface area contributed by atoms with Crippen LogP contribution in [0.3, 0.4) is 0 Å². The summed E-state index contributed by atoms with van der Waals surface area (Å²) in [6, 6.07) is 10.2. The third kappa shape index (κ3) is 4.42. The minimum absolute atomic E-state index is 0.0588. The van der Waals surface area contributed by atoms with E-state index in [9.17, 15) is 22.4 Å². The summed E-state index contributed by atoms with van der Waals surface area (Å²) < 4.78 is 62.7. The lowest BCUT2D eigenvalue weighted by molar-refractivity contribution is -0.137. The van der Waals surface area contributed by atoms with E-state index >= 15 is 0 Å². The lowest BCUT2D eigenvalue weighted by Gasteiger charge is -2.12. The zero-order chi connectivity index (χ0) is 21.5. The molecule has 30 heavy (non-hydrogen) atoms. The first kappa shape index (κ1) is 20.3. The number of amides is 1. The fourth-order valence-electron chi connectivity index (χ4n) is 3.36. The second-order valence-electron chi connectivity index (χ2n) is 7.50. The van der Waals surface area contributed by atoms with E-state index in [4.69, 9.17) is 9.15 Å². The predicted molar refractivity (Wildman–Crippen MR) is 101 cm³/mol. The largest absolute Gasteiger partial charge is 0.493 e. The number of benzene rings is 2. The summed E-state index contributed by atoms with van der Waals surface area (Å²) in [5, 5.41) is 3.48. The minimum atomic E-state index is -4.43. The molecule has 1 aliphatic carbocycles. The van der Waals surface area contributed by atoms with Gasteiger partial charge in [0.1, 0.15) is 22.9 Å². The Bertz CT molecular complexity index is 1080. The number of ether oxygens (including phenoxy) is 1. The molecule has 1 heterocycles. The van der Waals surface area contributed by atoms with Crippen LogP contribution in [0.2, 0.25) is 0 Å². The average Bonchev–Trinajstić information content (AvgIpc) is 3.35. The van der Waals surface area contributed by atoms with E-state index in [0.717, 1.165) is 12.1 Å². The second kappa shape index (κ2) is 7.66. The summed E-state index contributed by atoms with van der Waals surface area (Å²) in [6.45, 7) is 1.93. The second-order valence-corrected chi connectivity index (χ2v) is 7.50. The predicted octanol–water partition coefficient (Wildman–Crippen LogP) is 5.48. The zero-order valence-corrected chi connectivity index (χ0v) is 16.0. The van der Waals surface area contributed by atoms with Crippen molar-refractivity contribution in [3.05, 3.63) is 65.7 Å². The molecule has 0 bridgehead atoms. The lowest BCUT2D eigenvalue weighted by Crippen LogP contribution is -2.28. The van der Waals surface area contributed by atoms with Crippen LogP contribution in [0, 0.1) is 17.7 Å². The first-order chi connectivity index (χ1) is 14.2. The number of hydrogen-bond acceptors (Lipinski definition) is 3. The molecule has 3 aromatic rings. The van der Waals surface area contributed by atoms with Crippen molar-refractivity contribution < 1.29 is 31.5 Å². The Morgan fingerprint density at radius 2 is 2.03 bits per heavy atom. The van der Waals surface area contributed by atoms with Crippen molar-refractivity contribution in [1.29, 1.82) is 0 Å². The monoisotopic (exact) mass is 421 g/mol. The molecule has 0 radical (unpaired) electrons. The van der Waals surface area contributed by atoms with Crippen LogP contribution in [0.5, 0.6) is 5.75 Å². The van der Waals surface area contributed by atoms with Crippen LogP contribution in [0.1, 0.15) is 30.7 Å². The van der Waals surface area contributed by atoms with E-state index in [0.29, 0.717) is 23.2 Å². The molecule has 0 saturated heterocycles. The summed E-state index contributed by atoms with van der Waals surface area (Å²) in [5.74, 6) is -0.225. The first-order valence-corrected chi connectivity index (χ1v) is 9.50. The van der Waals surface area contributed by atoms with Crippen molar-refractivity contribution in [2.24, 2.45) is 11.8 Å². The van der Waals surface area contributed by atoms with E-state index < -0.39 is 17.8 Å². The molecular weight excluding hydrogens is 402 g/mol. The van der Waals surface area contributed by atoms with Gasteiger partial charge in [-0.25, -0.2) is 4.39 Å². The van der Waals surface area contributed by atoms with Gasteiger partial charge in [-0.1, -0.05) is 6.07 Å². The van der Waals surface area contributed by atoms with Crippen LogP contribution in [-0.4, -0.2) is 12.5 Å². The van der Waals surface area contributed by atoms with Crippen LogP contribution in [0.15, 0.2) is 52.9 Å². The van der Waals surface area contributed by atoms with Gasteiger partial charge in [-0.2, -0.15) is 13.2 Å². The normalized spacial score (nSPS) is 19.5. The van der Waals surface area contributed by atoms with Crippen molar-refractivity contribution in [3.8, 4) is 5.75 Å². The highest BCUT2D eigenvalue weighted by Gasteiger charge is 2.44. The molecule has 1 fully saturated rings. The smallest absolute Gasteiger partial charge is 0.416 e. The number of halogens is 4. The summed E-state index contributed by atoms with van der Waals surface area (Å²) in [6.07, 6.45) is -3.83. The summed E-state index contributed by atoms with van der Waals surface area (Å²) in [4.78, 5) is 12.4. The molecule has 1 amide bonds. The Kier molecular flexibility index (Phi) is 5.17. The highest BCUT2D eigenvalue weighted by molar-refractivity contribution is 5.82. The molecule has 2 unspecified atom stereocenters. The van der Waals surface area contributed by atoms with Gasteiger partial charge in [-0.3, -0.25) is 4.79 Å². The molecule has 8 heteroatoms. The van der Waals surface area contributed by atoms with Crippen LogP contribution in [0.25, 0.3) is 11.0 Å². The van der Waals surface area contributed by atoms with Crippen LogP contribution < -0.4 is 10.1 Å². The minimum Gasteiger partial charge on any atom is -0.493 e. The molecule has 1 saturated carbocycles. The topological polar surface area (TPSA) is 51.5 Å². The van der Waals surface area contributed by atoms with Gasteiger partial charge in [-0.05, 0) is 55.8 Å². The molecule has 4 nitrogen and oxygen atoms in total. The molecule has 158 valence electrons. The van der Waals surface area contributed by atoms with Crippen molar-refractivity contribution in [3.63, 3.8) is 0 Å². The SMILES string of the molecule is C[C@@H](NC(=O)C1CC1COc1cccc(C(F)(F)F)c1)c1cc2cc(F)ccc2o1. The van der Waals surface area contributed by atoms with Crippen molar-refractivity contribution in [2.45, 2.75) is 25.6 Å². The van der Waals surface area contributed by atoms with Gasteiger partial charge in [-0.15, -0.1) is 0 Å². The van der Waals surface area contributed by atoms with Gasteiger partial charge >= 0.3 is 6.18 Å². The van der Waals surface area contributed by atoms with E-state index in [-0.39, 0.29) is 35.9 Å². The average molecular weight is 421 g/mol. The van der Waals surface area contributed by atoms with E-state index in [2.05, 4.69) is 5.32 Å². The van der Waals surface area contributed by atoms with Crippen LogP contribution in [-0.2, 0) is 11.0 Å². The standard InChI is InChI=1S/C22H19F4NO3/c1-12(20-9-13-7-16(23)5-6-19(13)30-20)27-21(28)18-8-14(18)11-29-17-4-2-3-15(10-17)22(24,25)26/h2-7,9-10,12,14,18H,8,11H2,1H3,(H,27,28)/t12-,14?,18?/m1/s1. The van der Waals surface area contributed by atoms with E-state index in [1.807, 2.05) is 0 Å². The van der Waals surface area contributed by atoms with Crippen molar-refractivity contribution in [1.82, 2.24) is 5.32 Å². The summed E-state index contributed by atoms with van der Waals surface area (Å²) in [7, 11) is 0. The number of rotatable bonds is 6. The third-order valence-corrected chi connectivity index (χ3v) is 5.17. The quantitative estimate of drug-likeness (QED) is 0.536. The van der Waals surface area contributed by atoms with Crippen LogP contribution >= 0.6 is 0 Å². The molecule has 0 spiro atoms. The van der Waals surface area contributed by atoms with E-state index in [1.54, 1.807) is 13.0 Å². The maximum Gasteiger partial charge on any atom is 0.416 e. The molecule has 1 aliphatic rings. The maximum absolute atomic E-state index is 13.3. The molecule has 3 atom stereocenters. The van der Waals surface area contributed by atoms with Gasteiger partial charge in [0.05, 0.1) is 18.2 Å². The summed E-state index contributed by atoms with van der Waals surface area (Å²) >= 11 is 0. The first-order valence-electron chi connectivity index (χ1n) is 9.50. The highest BCUT2D eigenvalue weighted by Crippen LogP contribution is 2.40. The Labute approximate surface area is 169 Å². The fraction of sp³-hybridized carbons (Fsp3) is 0.318. The third-order valence-electron chi connectivity index (χ3n) is 5.17. The van der Waals surface area contributed by atoms with Crippen LogP contribution in [0.4, 0.5) is 17.6 Å². The van der Waals surface area contributed by atoms with Gasteiger partial charge in [0.25, 0.3) is 0 Å². The number of hydrogen-bond donors (Lipinski definition) is 1. The van der Waals surface area contributed by atoms with Gasteiger partial charge in [0, 0.05) is 17.2 Å². The Morgan fingerprint density at radius 1 is 1.23 bits per heavy atom. The highest BCUT2D eigenvalue weighted by atomic mass is 19.4. The number of fused-ring (bicyclic) bond motifs is 1. The van der Waals surface area contributed by atoms with Crippen molar-refractivity contribution in [2.75, 3.05) is 6.61 Å². The number of furan rings is 1. The van der Waals surface area contributed by atoms with E-state index in [1.165, 1.54) is 30.3 Å². The number of carbonyl (C=O) groups excluding carboxylic acids is 1. The van der Waals surface area contributed by atoms with Gasteiger partial charge in [0.15, 0.2) is 0 Å². The molecular formula is C22H19F4NO3. The van der Waals surface area contributed by atoms with Crippen molar-refractivity contribution >= 4 is 16.9 Å². The number of alkyl halides is 3. The molecule has 4 rings (SSSR count). The zero-order valence-electron chi connectivity index (χ0n) is 16.0. The maximum atomic E-state index is 13.3. The molecule has 1 aromatic heterocycles. The Morgan fingerprint density at radius 3 is 2.80 bits per heavy atom. The molecule has 1 N–H and O–H groups in total. The fourth-order valence-corrected chi connectivity index (χ4v) is 3.36. The summed E-state index contributed by atoms with van der Waals surface area (Å²) in [5.41, 5.74) is -0.240. The number of nitrogens with one attached hydrogen (secondary N) is 1. The molecule has 2 aromatic carbocycles. The Balaban J connectivity index is 1.30. The molecule has 0 aliphatic heterocycles. The lowest BCUT2D eigenvalue weighted by atomic mass is 10.2.